The van der Waals surface area contributed by atoms with E-state index < -0.39 is 8.32 Å². The molecule has 2 unspecified atom stereocenters. The Hall–Kier alpha value is -0.588. The fourth-order valence-electron chi connectivity index (χ4n) is 2.91. The van der Waals surface area contributed by atoms with Crippen LogP contribution in [0.1, 0.15) is 27.2 Å². The molecule has 118 valence electrons. The molecule has 3 rings (SSSR count). The second kappa shape index (κ2) is 5.56. The first-order chi connectivity index (χ1) is 9.58. The molecule has 0 amide bonds. The number of hydrogen-bond donors (Lipinski definition) is 0. The van der Waals surface area contributed by atoms with E-state index in [9.17, 15) is 4.79 Å². The maximum Gasteiger partial charge on any atom is 0.310 e. The molecule has 6 heteroatoms. The number of allylic oxidation sites excluding steroid dienone is 1. The quantitative estimate of drug-likeness (QED) is 0.455. The number of esters is 1. The number of ether oxygens (including phenoxy) is 1. The van der Waals surface area contributed by atoms with Crippen molar-refractivity contribution in [3.63, 3.8) is 0 Å². The highest BCUT2D eigenvalue weighted by Crippen LogP contribution is 2.44. The third kappa shape index (κ3) is 2.98. The summed E-state index contributed by atoms with van der Waals surface area (Å²) in [7, 11) is -0.437. The van der Waals surface area contributed by atoms with Crippen LogP contribution in [0.15, 0.2) is 12.2 Å². The van der Waals surface area contributed by atoms with Gasteiger partial charge in [-0.15, -0.1) is 0 Å². The van der Waals surface area contributed by atoms with Crippen molar-refractivity contribution >= 4 is 21.1 Å². The molecule has 3 aliphatic rings. The molecular weight excluding hydrogens is 281 g/mol. The predicted octanol–water partition coefficient (Wildman–Crippen LogP) is 3.35. The summed E-state index contributed by atoms with van der Waals surface area (Å²) in [6.45, 7) is 13.7. The van der Waals surface area contributed by atoms with E-state index in [1.807, 2.05) is 0 Å². The van der Waals surface area contributed by atoms with E-state index in [1.54, 1.807) is 0 Å². The number of methoxy groups -OCH3 is 1. The summed E-state index contributed by atoms with van der Waals surface area (Å²) in [5.41, 5.74) is 0. The van der Waals surface area contributed by atoms with Crippen LogP contribution in [0, 0.1) is 5.92 Å². The zero-order valence-electron chi connectivity index (χ0n) is 14.3. The van der Waals surface area contributed by atoms with Crippen LogP contribution in [-0.4, -0.2) is 39.3 Å². The predicted molar refractivity (Wildman–Crippen MR) is 88.5 cm³/mol. The van der Waals surface area contributed by atoms with Crippen LogP contribution in [0.25, 0.3) is 0 Å². The lowest BCUT2D eigenvalue weighted by Crippen LogP contribution is -2.62. The van der Waals surface area contributed by atoms with Crippen LogP contribution >= 0.6 is 0 Å². The van der Waals surface area contributed by atoms with E-state index in [2.05, 4.69) is 57.8 Å². The average molecular weight is 309 g/mol. The van der Waals surface area contributed by atoms with Gasteiger partial charge in [0.05, 0.1) is 19.1 Å². The zero-order valence-corrected chi connectivity index (χ0v) is 15.3. The SMILES string of the molecule is COC(=O)[C@H]1CC2C=CC1N(O[Si](C)(C)C(C)(C)C)B2C. The van der Waals surface area contributed by atoms with Gasteiger partial charge in [0.25, 0.3) is 6.85 Å². The Morgan fingerprint density at radius 3 is 2.48 bits per heavy atom. The van der Waals surface area contributed by atoms with E-state index in [1.165, 1.54) is 7.11 Å². The second-order valence-corrected chi connectivity index (χ2v) is 12.6. The van der Waals surface area contributed by atoms with Crippen LogP contribution in [0.5, 0.6) is 0 Å². The molecule has 1 aliphatic carbocycles. The van der Waals surface area contributed by atoms with Crippen molar-refractivity contribution < 1.29 is 14.1 Å². The van der Waals surface area contributed by atoms with Gasteiger partial charge >= 0.3 is 5.97 Å². The third-order valence-electron chi connectivity index (χ3n) is 5.45. The Kier molecular flexibility index (Phi) is 4.44. The Labute approximate surface area is 130 Å². The van der Waals surface area contributed by atoms with Crippen LogP contribution < -0.4 is 0 Å². The minimum atomic E-state index is -1.91. The van der Waals surface area contributed by atoms with Crippen molar-refractivity contribution in [2.24, 2.45) is 5.92 Å². The van der Waals surface area contributed by atoms with Gasteiger partial charge in [0.1, 0.15) is 0 Å². The second-order valence-electron chi connectivity index (χ2n) is 7.86. The summed E-state index contributed by atoms with van der Waals surface area (Å²) in [5.74, 6) is 0.139. The highest BCUT2D eigenvalue weighted by Gasteiger charge is 2.51. The number of carbonyl (C=O) groups is 1. The Morgan fingerprint density at radius 2 is 1.95 bits per heavy atom. The number of fused-ring (bicyclic) bond motifs is 2. The average Bonchev–Trinajstić information content (AvgIpc) is 2.40. The normalized spacial score (nSPS) is 29.9. The van der Waals surface area contributed by atoms with Crippen LogP contribution in [0.4, 0.5) is 0 Å². The molecule has 0 N–H and O–H groups in total. The van der Waals surface area contributed by atoms with Gasteiger partial charge in [0.15, 0.2) is 0 Å². The van der Waals surface area contributed by atoms with E-state index in [0.29, 0.717) is 12.7 Å². The molecule has 2 heterocycles. The Morgan fingerprint density at radius 1 is 1.33 bits per heavy atom. The maximum atomic E-state index is 12.0. The number of hydrogen-bond acceptors (Lipinski definition) is 4. The fraction of sp³-hybridized carbons (Fsp3) is 0.800. The molecule has 1 fully saturated rings. The van der Waals surface area contributed by atoms with Crippen molar-refractivity contribution in [1.29, 1.82) is 0 Å². The van der Waals surface area contributed by atoms with E-state index in [4.69, 9.17) is 9.26 Å². The minimum Gasteiger partial charge on any atom is -0.469 e. The summed E-state index contributed by atoms with van der Waals surface area (Å²) in [4.78, 5) is 14.1. The van der Waals surface area contributed by atoms with E-state index in [-0.39, 0.29) is 23.0 Å². The summed E-state index contributed by atoms with van der Waals surface area (Å²) < 4.78 is 11.5. The molecule has 0 radical (unpaired) electrons. The lowest BCUT2D eigenvalue weighted by molar-refractivity contribution is -0.152. The largest absolute Gasteiger partial charge is 0.469 e. The third-order valence-corrected chi connectivity index (χ3v) is 9.73. The molecule has 0 spiro atoms. The molecule has 21 heavy (non-hydrogen) atoms. The van der Waals surface area contributed by atoms with Crippen LogP contribution in [0.3, 0.4) is 0 Å². The van der Waals surface area contributed by atoms with Gasteiger partial charge in [-0.05, 0) is 30.4 Å². The maximum absolute atomic E-state index is 12.0. The van der Waals surface area contributed by atoms with Gasteiger partial charge in [0.2, 0.25) is 8.32 Å². The lowest BCUT2D eigenvalue weighted by Gasteiger charge is -2.51. The van der Waals surface area contributed by atoms with E-state index in [0.717, 1.165) is 6.42 Å². The van der Waals surface area contributed by atoms with Crippen molar-refractivity contribution in [2.75, 3.05) is 7.11 Å². The number of rotatable bonds is 3. The highest BCUT2D eigenvalue weighted by atomic mass is 28.4. The molecule has 2 bridgehead atoms. The monoisotopic (exact) mass is 309 g/mol. The van der Waals surface area contributed by atoms with Crippen LogP contribution in [-0.2, 0) is 14.1 Å². The smallest absolute Gasteiger partial charge is 0.310 e. The first-order valence-corrected chi connectivity index (χ1v) is 10.7. The number of hydroxylamine groups is 1. The molecule has 0 aromatic rings. The topological polar surface area (TPSA) is 38.8 Å². The van der Waals surface area contributed by atoms with Gasteiger partial charge in [-0.3, -0.25) is 4.79 Å². The molecule has 2 aliphatic heterocycles. The molecular formula is C15H28BNO3Si. The molecule has 0 aromatic heterocycles. The first-order valence-electron chi connectivity index (χ1n) is 7.82. The van der Waals surface area contributed by atoms with Crippen molar-refractivity contribution in [1.82, 2.24) is 4.97 Å². The first kappa shape index (κ1) is 16.8. The molecule has 0 saturated carbocycles. The minimum absolute atomic E-state index is 0.00609. The van der Waals surface area contributed by atoms with Gasteiger partial charge in [-0.25, -0.2) is 4.97 Å². The summed E-state index contributed by atoms with van der Waals surface area (Å²) >= 11 is 0. The Balaban J connectivity index is 2.23. The standard InChI is InChI=1S/C15H28BNO3Si/c1-15(2,3)21(6,7)20-17-13-9-8-11(16(17)4)10-12(13)14(18)19-5/h8-9,11-13H,10H2,1-7H3/t11?,12-,13?/m0/s1. The van der Waals surface area contributed by atoms with Crippen molar-refractivity contribution in [3.05, 3.63) is 12.2 Å². The molecule has 0 aromatic carbocycles. The van der Waals surface area contributed by atoms with Gasteiger partial charge in [-0.1, -0.05) is 39.7 Å². The summed E-state index contributed by atoms with van der Waals surface area (Å²) in [6, 6.07) is 0.00609. The number of carbonyl (C=O) groups excluding carboxylic acids is 1. The fourth-order valence-corrected chi connectivity index (χ4v) is 4.00. The molecule has 3 atom stereocenters. The van der Waals surface area contributed by atoms with Gasteiger partial charge in [0, 0.05) is 0 Å². The van der Waals surface area contributed by atoms with Gasteiger partial charge < -0.3 is 9.26 Å². The zero-order chi connectivity index (χ0) is 16.0. The summed E-state index contributed by atoms with van der Waals surface area (Å²) in [6.07, 6.45) is 5.23. The lowest BCUT2D eigenvalue weighted by atomic mass is 9.45. The Bertz CT molecular complexity index is 447. The molecule has 1 saturated heterocycles. The van der Waals surface area contributed by atoms with Crippen LogP contribution in [0.2, 0.25) is 30.8 Å². The van der Waals surface area contributed by atoms with E-state index >= 15 is 0 Å². The van der Waals surface area contributed by atoms with Crippen molar-refractivity contribution in [3.8, 4) is 0 Å². The number of nitrogens with zero attached hydrogens (tertiary/aromatic N) is 1. The van der Waals surface area contributed by atoms with Crippen molar-refractivity contribution in [2.45, 2.75) is 64.0 Å². The summed E-state index contributed by atoms with van der Waals surface area (Å²) in [5, 5.41) is 0.147. The molecule has 4 nitrogen and oxygen atoms in total. The van der Waals surface area contributed by atoms with Gasteiger partial charge in [-0.2, -0.15) is 0 Å². The highest BCUT2D eigenvalue weighted by molar-refractivity contribution is 6.74.